The predicted octanol–water partition coefficient (Wildman–Crippen LogP) is 2.21. The second-order valence-corrected chi connectivity index (χ2v) is 5.30. The fraction of sp³-hybridized carbons (Fsp3) is 0. The SMILES string of the molecule is Brc1cc(-c2c[c-]ccc2)cc(-c2ccccc2)c1.[Br-].[Mg+2]. The molecule has 3 aromatic rings. The Morgan fingerprint density at radius 1 is 0.714 bits per heavy atom. The van der Waals surface area contributed by atoms with Gasteiger partial charge in [-0.15, -0.1) is 5.56 Å². The first-order chi connectivity index (χ1) is 9.33. The van der Waals surface area contributed by atoms with E-state index >= 15 is 0 Å². The topological polar surface area (TPSA) is 0 Å². The average molecular weight is 412 g/mol. The second-order valence-electron chi connectivity index (χ2n) is 4.39. The van der Waals surface area contributed by atoms with E-state index in [1.807, 2.05) is 24.3 Å². The van der Waals surface area contributed by atoms with Gasteiger partial charge in [-0.05, 0) is 17.2 Å². The zero-order valence-corrected chi connectivity index (χ0v) is 16.0. The molecule has 0 aliphatic carbocycles. The van der Waals surface area contributed by atoms with Crippen LogP contribution in [-0.2, 0) is 0 Å². The maximum Gasteiger partial charge on any atom is 2.00 e. The van der Waals surface area contributed by atoms with Gasteiger partial charge < -0.3 is 17.0 Å². The van der Waals surface area contributed by atoms with Gasteiger partial charge in [-0.1, -0.05) is 64.0 Å². The maximum absolute atomic E-state index is 3.60. The molecule has 0 unspecified atom stereocenters. The van der Waals surface area contributed by atoms with Crippen molar-refractivity contribution in [2.75, 3.05) is 0 Å². The normalized spacial score (nSPS) is 9.38. The molecule has 0 saturated carbocycles. The van der Waals surface area contributed by atoms with E-state index in [1.54, 1.807) is 0 Å². The van der Waals surface area contributed by atoms with E-state index in [0.717, 1.165) is 4.47 Å². The minimum atomic E-state index is 0. The zero-order valence-electron chi connectivity index (χ0n) is 11.4. The van der Waals surface area contributed by atoms with Gasteiger partial charge in [0.2, 0.25) is 0 Å². The molecule has 100 valence electrons. The molecule has 3 heteroatoms. The molecule has 0 aliphatic rings. The fourth-order valence-corrected chi connectivity index (χ4v) is 2.62. The molecule has 21 heavy (non-hydrogen) atoms. The van der Waals surface area contributed by atoms with Gasteiger partial charge in [0.05, 0.1) is 0 Å². The quantitative estimate of drug-likeness (QED) is 0.447. The summed E-state index contributed by atoms with van der Waals surface area (Å²) in [5, 5.41) is 0. The smallest absolute Gasteiger partial charge is 1.00 e. The summed E-state index contributed by atoms with van der Waals surface area (Å²) in [5.41, 5.74) is 4.82. The van der Waals surface area contributed by atoms with Gasteiger partial charge >= 0.3 is 23.1 Å². The summed E-state index contributed by atoms with van der Waals surface area (Å²) >= 11 is 3.60. The molecule has 0 radical (unpaired) electrons. The van der Waals surface area contributed by atoms with Gasteiger partial charge in [-0.25, -0.2) is 0 Å². The third kappa shape index (κ3) is 4.68. The van der Waals surface area contributed by atoms with Crippen molar-refractivity contribution in [1.82, 2.24) is 0 Å². The summed E-state index contributed by atoms with van der Waals surface area (Å²) in [5.74, 6) is 0. The minimum absolute atomic E-state index is 0. The Kier molecular flexibility index (Phi) is 7.67. The van der Waals surface area contributed by atoms with Crippen LogP contribution in [-0.4, -0.2) is 23.1 Å². The van der Waals surface area contributed by atoms with Crippen molar-refractivity contribution in [2.24, 2.45) is 0 Å². The van der Waals surface area contributed by atoms with Crippen molar-refractivity contribution < 1.29 is 17.0 Å². The van der Waals surface area contributed by atoms with Gasteiger partial charge in [0.25, 0.3) is 0 Å². The van der Waals surface area contributed by atoms with Crippen LogP contribution in [0.15, 0.2) is 77.3 Å². The maximum atomic E-state index is 3.60. The summed E-state index contributed by atoms with van der Waals surface area (Å²) in [6.45, 7) is 0. The molecule has 0 saturated heterocycles. The average Bonchev–Trinajstić information content (AvgIpc) is 2.48. The molecule has 0 nitrogen and oxygen atoms in total. The van der Waals surface area contributed by atoms with E-state index in [1.165, 1.54) is 22.3 Å². The van der Waals surface area contributed by atoms with Crippen LogP contribution in [0.2, 0.25) is 0 Å². The van der Waals surface area contributed by atoms with Crippen LogP contribution in [0.25, 0.3) is 22.3 Å². The Labute approximate surface area is 160 Å². The third-order valence-corrected chi connectivity index (χ3v) is 3.50. The number of halogens is 2. The van der Waals surface area contributed by atoms with Crippen molar-refractivity contribution >= 4 is 39.0 Å². The Bertz CT molecular complexity index is 624. The van der Waals surface area contributed by atoms with Crippen LogP contribution >= 0.6 is 15.9 Å². The van der Waals surface area contributed by atoms with E-state index in [9.17, 15) is 0 Å². The fourth-order valence-electron chi connectivity index (χ4n) is 2.13. The number of hydrogen-bond donors (Lipinski definition) is 0. The molecule has 0 aromatic heterocycles. The molecule has 3 aromatic carbocycles. The van der Waals surface area contributed by atoms with Crippen molar-refractivity contribution in [3.05, 3.63) is 83.3 Å². The largest absolute Gasteiger partial charge is 2.00 e. The van der Waals surface area contributed by atoms with Gasteiger partial charge in [0, 0.05) is 4.47 Å². The van der Waals surface area contributed by atoms with Gasteiger partial charge in [-0.3, -0.25) is 0 Å². The number of benzene rings is 3. The zero-order chi connectivity index (χ0) is 13.1. The van der Waals surface area contributed by atoms with E-state index in [4.69, 9.17) is 0 Å². The molecular weight excluding hydrogens is 400 g/mol. The van der Waals surface area contributed by atoms with Crippen LogP contribution in [0, 0.1) is 6.07 Å². The molecule has 0 amide bonds. The Morgan fingerprint density at radius 2 is 1.33 bits per heavy atom. The van der Waals surface area contributed by atoms with Crippen molar-refractivity contribution in [3.8, 4) is 22.3 Å². The molecular formula is C18H12Br2Mg. The van der Waals surface area contributed by atoms with Gasteiger partial charge in [0.1, 0.15) is 0 Å². The standard InChI is InChI=1S/C18H12Br.BrH.Mg/c19-18-12-16(14-7-3-1-4-8-14)11-17(13-18)15-9-5-2-6-10-15;;/h1-5,7-13H;1H;/q-1;;+2/p-1. The van der Waals surface area contributed by atoms with Crippen LogP contribution in [0.3, 0.4) is 0 Å². The third-order valence-electron chi connectivity index (χ3n) is 3.05. The monoisotopic (exact) mass is 410 g/mol. The summed E-state index contributed by atoms with van der Waals surface area (Å²) < 4.78 is 1.09. The predicted molar refractivity (Wildman–Crippen MR) is 89.6 cm³/mol. The number of rotatable bonds is 2. The van der Waals surface area contributed by atoms with E-state index in [-0.39, 0.29) is 40.0 Å². The number of hydrogen-bond acceptors (Lipinski definition) is 0. The molecule has 0 atom stereocenters. The van der Waals surface area contributed by atoms with Crippen LogP contribution in [0.4, 0.5) is 0 Å². The molecule has 0 fully saturated rings. The second kappa shape index (κ2) is 8.74. The molecule has 0 N–H and O–H groups in total. The van der Waals surface area contributed by atoms with Crippen molar-refractivity contribution in [3.63, 3.8) is 0 Å². The minimum Gasteiger partial charge on any atom is -1.00 e. The Hall–Kier alpha value is -0.614. The summed E-state index contributed by atoms with van der Waals surface area (Å²) in [4.78, 5) is 0. The van der Waals surface area contributed by atoms with Gasteiger partial charge in [0.15, 0.2) is 0 Å². The van der Waals surface area contributed by atoms with Crippen LogP contribution in [0.5, 0.6) is 0 Å². The molecule has 3 rings (SSSR count). The Morgan fingerprint density at radius 3 is 1.95 bits per heavy atom. The molecule has 0 heterocycles. The first-order valence-corrected chi connectivity index (χ1v) is 6.95. The molecule has 0 spiro atoms. The van der Waals surface area contributed by atoms with Crippen LogP contribution < -0.4 is 17.0 Å². The van der Waals surface area contributed by atoms with Crippen LogP contribution in [0.1, 0.15) is 0 Å². The molecule has 0 aliphatic heterocycles. The Balaban J connectivity index is 0.00000110. The van der Waals surface area contributed by atoms with Crippen molar-refractivity contribution in [1.29, 1.82) is 0 Å². The molecule has 0 bridgehead atoms. The van der Waals surface area contributed by atoms with E-state index in [0.29, 0.717) is 0 Å². The summed E-state index contributed by atoms with van der Waals surface area (Å²) in [6.07, 6.45) is 0. The van der Waals surface area contributed by atoms with E-state index < -0.39 is 0 Å². The summed E-state index contributed by atoms with van der Waals surface area (Å²) in [7, 11) is 0. The first-order valence-electron chi connectivity index (χ1n) is 6.15. The summed E-state index contributed by atoms with van der Waals surface area (Å²) in [6, 6.07) is 28.1. The first kappa shape index (κ1) is 18.4. The van der Waals surface area contributed by atoms with E-state index in [2.05, 4.69) is 70.5 Å². The van der Waals surface area contributed by atoms with Gasteiger partial charge in [-0.2, -0.15) is 30.3 Å². The van der Waals surface area contributed by atoms with Crippen molar-refractivity contribution in [2.45, 2.75) is 0 Å².